The fourth-order valence-electron chi connectivity index (χ4n) is 1.02. The number of hydrogen-bond donors (Lipinski definition) is 1. The number of nitrogens with zero attached hydrogens (tertiary/aromatic N) is 1. The fourth-order valence-corrected chi connectivity index (χ4v) is 1.54. The predicted molar refractivity (Wildman–Crippen MR) is 63.6 cm³/mol. The van der Waals surface area contributed by atoms with Gasteiger partial charge in [0.25, 0.3) is 0 Å². The van der Waals surface area contributed by atoms with Crippen molar-refractivity contribution < 1.29 is 5.11 Å². The zero-order chi connectivity index (χ0) is 10.2. The molecule has 3 heteroatoms. The van der Waals surface area contributed by atoms with Gasteiger partial charge in [-0.15, -0.1) is 0 Å². The molecule has 14 heavy (non-hydrogen) atoms. The number of rotatable bonds is 5. The average Bonchev–Trinajstić information content (AvgIpc) is 2.20. The van der Waals surface area contributed by atoms with Gasteiger partial charge in [-0.1, -0.05) is 19.1 Å². The molecule has 1 aromatic rings. The van der Waals surface area contributed by atoms with Gasteiger partial charge >= 0.3 is 0 Å². The van der Waals surface area contributed by atoms with Crippen LogP contribution in [0.15, 0.2) is 29.3 Å². The van der Waals surface area contributed by atoms with E-state index in [0.29, 0.717) is 5.75 Å². The summed E-state index contributed by atoms with van der Waals surface area (Å²) in [5.41, 5.74) is 0.786. The van der Waals surface area contributed by atoms with E-state index >= 15 is 0 Å². The van der Waals surface area contributed by atoms with Crippen LogP contribution in [0.25, 0.3) is 0 Å². The van der Waals surface area contributed by atoms with Gasteiger partial charge in [0.1, 0.15) is 5.75 Å². The van der Waals surface area contributed by atoms with Crippen LogP contribution in [0.2, 0.25) is 0 Å². The highest BCUT2D eigenvalue weighted by Gasteiger charge is 1.93. The molecule has 0 bridgehead atoms. The van der Waals surface area contributed by atoms with Crippen molar-refractivity contribution in [2.24, 2.45) is 4.99 Å². The van der Waals surface area contributed by atoms with Gasteiger partial charge in [-0.3, -0.25) is 4.99 Å². The van der Waals surface area contributed by atoms with Crippen molar-refractivity contribution in [1.29, 1.82) is 0 Å². The molecule has 76 valence electrons. The summed E-state index contributed by atoms with van der Waals surface area (Å²) >= 11 is 1.87. The summed E-state index contributed by atoms with van der Waals surface area (Å²) in [6, 6.07) is 7.22. The Morgan fingerprint density at radius 2 is 2.21 bits per heavy atom. The number of para-hydroxylation sites is 1. The Hall–Kier alpha value is -0.960. The molecule has 0 atom stereocenters. The van der Waals surface area contributed by atoms with Gasteiger partial charge in [-0.25, -0.2) is 0 Å². The zero-order valence-corrected chi connectivity index (χ0v) is 9.13. The lowest BCUT2D eigenvalue weighted by Crippen LogP contribution is -1.88. The minimum atomic E-state index is 0.291. The Kier molecular flexibility index (Phi) is 5.15. The minimum Gasteiger partial charge on any atom is -0.507 e. The Morgan fingerprint density at radius 3 is 2.93 bits per heavy atom. The zero-order valence-electron chi connectivity index (χ0n) is 8.31. The Morgan fingerprint density at radius 1 is 1.43 bits per heavy atom. The first-order chi connectivity index (χ1) is 6.84. The van der Waals surface area contributed by atoms with Crippen LogP contribution in [0.3, 0.4) is 0 Å². The highest BCUT2D eigenvalue weighted by molar-refractivity contribution is 7.99. The third kappa shape index (κ3) is 3.83. The third-order valence-electron chi connectivity index (χ3n) is 1.74. The van der Waals surface area contributed by atoms with Crippen LogP contribution >= 0.6 is 11.8 Å². The van der Waals surface area contributed by atoms with Crippen molar-refractivity contribution in [3.05, 3.63) is 29.8 Å². The molecule has 0 amide bonds. The number of aromatic hydroxyl groups is 1. The molecule has 0 aliphatic carbocycles. The Labute approximate surface area is 89.1 Å². The van der Waals surface area contributed by atoms with Crippen LogP contribution in [0.4, 0.5) is 0 Å². The quantitative estimate of drug-likeness (QED) is 0.597. The van der Waals surface area contributed by atoms with Crippen molar-refractivity contribution in [3.63, 3.8) is 0 Å². The second-order valence-electron chi connectivity index (χ2n) is 2.79. The number of thioether (sulfide) groups is 1. The summed E-state index contributed by atoms with van der Waals surface area (Å²) in [6.45, 7) is 2.95. The van der Waals surface area contributed by atoms with Gasteiger partial charge in [0, 0.05) is 24.1 Å². The van der Waals surface area contributed by atoms with Gasteiger partial charge in [-0.05, 0) is 17.9 Å². The molecule has 1 N–H and O–H groups in total. The van der Waals surface area contributed by atoms with Crippen LogP contribution in [-0.2, 0) is 0 Å². The topological polar surface area (TPSA) is 32.6 Å². The number of phenols is 1. The highest BCUT2D eigenvalue weighted by atomic mass is 32.2. The first-order valence-corrected chi connectivity index (χ1v) is 5.85. The van der Waals surface area contributed by atoms with Crippen molar-refractivity contribution >= 4 is 18.0 Å². The SMILES string of the molecule is CCSCCN=Cc1ccccc1O. The molecule has 0 aliphatic rings. The Bertz CT molecular complexity index is 299. The molecule has 0 unspecified atom stereocenters. The van der Waals surface area contributed by atoms with Crippen LogP contribution < -0.4 is 0 Å². The van der Waals surface area contributed by atoms with E-state index in [1.165, 1.54) is 0 Å². The molecule has 0 saturated carbocycles. The second kappa shape index (κ2) is 6.49. The molecule has 0 saturated heterocycles. The van der Waals surface area contributed by atoms with Crippen molar-refractivity contribution in [3.8, 4) is 5.75 Å². The summed E-state index contributed by atoms with van der Waals surface area (Å²) in [6.07, 6.45) is 1.73. The molecule has 0 aromatic heterocycles. The third-order valence-corrected chi connectivity index (χ3v) is 2.62. The molecule has 0 spiro atoms. The summed E-state index contributed by atoms with van der Waals surface area (Å²) in [4.78, 5) is 4.23. The van der Waals surface area contributed by atoms with Crippen molar-refractivity contribution in [2.45, 2.75) is 6.92 Å². The molecular formula is C11H15NOS. The maximum atomic E-state index is 9.42. The smallest absolute Gasteiger partial charge is 0.124 e. The van der Waals surface area contributed by atoms with Crippen LogP contribution in [-0.4, -0.2) is 29.4 Å². The van der Waals surface area contributed by atoms with E-state index < -0.39 is 0 Å². The summed E-state index contributed by atoms with van der Waals surface area (Å²) < 4.78 is 0. The summed E-state index contributed by atoms with van der Waals surface area (Å²) in [7, 11) is 0. The standard InChI is InChI=1S/C11H15NOS/c1-2-14-8-7-12-9-10-5-3-4-6-11(10)13/h3-6,9,13H,2,7-8H2,1H3. The molecule has 2 nitrogen and oxygen atoms in total. The molecule has 0 aliphatic heterocycles. The number of hydrogen-bond acceptors (Lipinski definition) is 3. The predicted octanol–water partition coefficient (Wildman–Crippen LogP) is 2.56. The van der Waals surface area contributed by atoms with Gasteiger partial charge in [-0.2, -0.15) is 11.8 Å². The maximum absolute atomic E-state index is 9.42. The number of benzene rings is 1. The van der Waals surface area contributed by atoms with Gasteiger partial charge in [0.2, 0.25) is 0 Å². The van der Waals surface area contributed by atoms with Crippen LogP contribution in [0, 0.1) is 0 Å². The molecule has 0 fully saturated rings. The molecule has 1 rings (SSSR count). The number of aliphatic imine (C=N–C) groups is 1. The average molecular weight is 209 g/mol. The first-order valence-electron chi connectivity index (χ1n) is 4.70. The van der Waals surface area contributed by atoms with E-state index in [-0.39, 0.29) is 0 Å². The monoisotopic (exact) mass is 209 g/mol. The molecule has 0 heterocycles. The lowest BCUT2D eigenvalue weighted by Gasteiger charge is -1.96. The lowest BCUT2D eigenvalue weighted by molar-refractivity contribution is 0.474. The maximum Gasteiger partial charge on any atom is 0.124 e. The van der Waals surface area contributed by atoms with E-state index in [2.05, 4.69) is 11.9 Å². The van der Waals surface area contributed by atoms with Crippen LogP contribution in [0.1, 0.15) is 12.5 Å². The molecular weight excluding hydrogens is 194 g/mol. The van der Waals surface area contributed by atoms with E-state index in [1.54, 1.807) is 18.3 Å². The van der Waals surface area contributed by atoms with E-state index in [4.69, 9.17) is 0 Å². The number of phenolic OH excluding ortho intramolecular Hbond substituents is 1. The summed E-state index contributed by atoms with van der Waals surface area (Å²) in [5, 5.41) is 9.42. The largest absolute Gasteiger partial charge is 0.507 e. The second-order valence-corrected chi connectivity index (χ2v) is 4.18. The van der Waals surface area contributed by atoms with E-state index in [1.807, 2.05) is 23.9 Å². The van der Waals surface area contributed by atoms with Gasteiger partial charge in [0.15, 0.2) is 0 Å². The van der Waals surface area contributed by atoms with Crippen molar-refractivity contribution in [2.75, 3.05) is 18.1 Å². The summed E-state index contributed by atoms with van der Waals surface area (Å²) in [5.74, 6) is 2.46. The van der Waals surface area contributed by atoms with Gasteiger partial charge in [0.05, 0.1) is 0 Å². The first kappa shape index (κ1) is 11.1. The molecule has 0 radical (unpaired) electrons. The van der Waals surface area contributed by atoms with Crippen molar-refractivity contribution in [1.82, 2.24) is 0 Å². The normalized spacial score (nSPS) is 10.9. The lowest BCUT2D eigenvalue weighted by atomic mass is 10.2. The minimum absolute atomic E-state index is 0.291. The highest BCUT2D eigenvalue weighted by Crippen LogP contribution is 2.12. The van der Waals surface area contributed by atoms with E-state index in [9.17, 15) is 5.11 Å². The van der Waals surface area contributed by atoms with Crippen LogP contribution in [0.5, 0.6) is 5.75 Å². The van der Waals surface area contributed by atoms with E-state index in [0.717, 1.165) is 23.6 Å². The Balaban J connectivity index is 2.40. The fraction of sp³-hybridized carbons (Fsp3) is 0.364. The van der Waals surface area contributed by atoms with Gasteiger partial charge < -0.3 is 5.11 Å². The molecule has 1 aromatic carbocycles.